The highest BCUT2D eigenvalue weighted by Crippen LogP contribution is 2.18. The number of nitrogens with one attached hydrogen (secondary N) is 1. The summed E-state index contributed by atoms with van der Waals surface area (Å²) in [5, 5.41) is 9.91. The molecular formula is C18H23N3O4S2. The summed E-state index contributed by atoms with van der Waals surface area (Å²) in [6.45, 7) is 2.31. The summed E-state index contributed by atoms with van der Waals surface area (Å²) in [6.07, 6.45) is 2.19. The van der Waals surface area contributed by atoms with Crippen LogP contribution in [0.4, 0.5) is 5.69 Å². The van der Waals surface area contributed by atoms with Gasteiger partial charge in [0, 0.05) is 30.3 Å². The number of rotatable bonds is 8. The van der Waals surface area contributed by atoms with E-state index in [2.05, 4.69) is 10.2 Å². The van der Waals surface area contributed by atoms with Crippen molar-refractivity contribution in [1.82, 2.24) is 4.90 Å². The van der Waals surface area contributed by atoms with E-state index in [9.17, 15) is 13.2 Å². The molecule has 0 unspecified atom stereocenters. The maximum Gasteiger partial charge on any atom is 0.238 e. The summed E-state index contributed by atoms with van der Waals surface area (Å²) in [5.74, 6) is -0.212. The first-order valence-corrected chi connectivity index (χ1v) is 11.1. The van der Waals surface area contributed by atoms with Crippen LogP contribution in [0.5, 0.6) is 0 Å². The molecule has 1 aromatic carbocycles. The number of benzene rings is 1. The van der Waals surface area contributed by atoms with Crippen LogP contribution < -0.4 is 10.5 Å². The van der Waals surface area contributed by atoms with Gasteiger partial charge in [-0.25, -0.2) is 13.6 Å². The largest absolute Gasteiger partial charge is 0.377 e. The van der Waals surface area contributed by atoms with E-state index < -0.39 is 10.0 Å². The summed E-state index contributed by atoms with van der Waals surface area (Å²) >= 11 is 1.65. The number of hydrogen-bond acceptors (Lipinski definition) is 6. The average molecular weight is 410 g/mol. The molecule has 0 bridgehead atoms. The molecule has 1 aliphatic rings. The van der Waals surface area contributed by atoms with Crippen LogP contribution in [-0.2, 0) is 26.1 Å². The Morgan fingerprint density at radius 3 is 2.85 bits per heavy atom. The predicted molar refractivity (Wildman–Crippen MR) is 105 cm³/mol. The zero-order valence-corrected chi connectivity index (χ0v) is 16.5. The minimum atomic E-state index is -3.81. The third-order valence-corrected chi connectivity index (χ3v) is 6.03. The molecule has 146 valence electrons. The molecule has 1 aliphatic heterocycles. The van der Waals surface area contributed by atoms with Gasteiger partial charge in [0.2, 0.25) is 15.9 Å². The van der Waals surface area contributed by atoms with Crippen molar-refractivity contribution in [3.8, 4) is 0 Å². The number of carbonyl (C=O) groups is 1. The van der Waals surface area contributed by atoms with E-state index in [1.165, 1.54) is 17.0 Å². The van der Waals surface area contributed by atoms with E-state index in [0.717, 1.165) is 19.4 Å². The molecule has 7 nitrogen and oxygen atoms in total. The normalized spacial score (nSPS) is 17.3. The molecule has 1 amide bonds. The zero-order valence-electron chi connectivity index (χ0n) is 14.8. The van der Waals surface area contributed by atoms with Crippen molar-refractivity contribution in [1.29, 1.82) is 0 Å². The van der Waals surface area contributed by atoms with Crippen LogP contribution in [-0.4, -0.2) is 45.0 Å². The van der Waals surface area contributed by atoms with E-state index in [-0.39, 0.29) is 23.5 Å². The van der Waals surface area contributed by atoms with Gasteiger partial charge in [-0.3, -0.25) is 9.69 Å². The third-order valence-electron chi connectivity index (χ3n) is 4.26. The number of hydrogen-bond donors (Lipinski definition) is 2. The highest BCUT2D eigenvalue weighted by atomic mass is 32.2. The van der Waals surface area contributed by atoms with Crippen LogP contribution in [0.3, 0.4) is 0 Å². The van der Waals surface area contributed by atoms with Crippen molar-refractivity contribution in [3.05, 3.63) is 46.7 Å². The zero-order chi connectivity index (χ0) is 19.3. The minimum absolute atomic E-state index is 0.0323. The fourth-order valence-electron chi connectivity index (χ4n) is 3.04. The molecule has 1 aromatic heterocycles. The Balaban J connectivity index is 1.64. The summed E-state index contributed by atoms with van der Waals surface area (Å²) in [7, 11) is -3.81. The molecule has 3 N–H and O–H groups in total. The lowest BCUT2D eigenvalue weighted by atomic mass is 10.2. The van der Waals surface area contributed by atoms with Crippen molar-refractivity contribution in [2.24, 2.45) is 5.14 Å². The van der Waals surface area contributed by atoms with Crippen LogP contribution in [0.25, 0.3) is 0 Å². The minimum Gasteiger partial charge on any atom is -0.377 e. The number of nitrogens with zero attached hydrogens (tertiary/aromatic N) is 1. The van der Waals surface area contributed by atoms with Crippen LogP contribution in [0.1, 0.15) is 17.7 Å². The molecule has 1 saturated heterocycles. The van der Waals surface area contributed by atoms with Gasteiger partial charge in [-0.05, 0) is 42.5 Å². The van der Waals surface area contributed by atoms with E-state index in [1.807, 2.05) is 17.5 Å². The van der Waals surface area contributed by atoms with E-state index in [4.69, 9.17) is 9.88 Å². The van der Waals surface area contributed by atoms with Gasteiger partial charge in [-0.2, -0.15) is 0 Å². The lowest BCUT2D eigenvalue weighted by Gasteiger charge is -2.24. The number of thiophene rings is 1. The Bertz CT molecular complexity index is 862. The maximum atomic E-state index is 12.5. The highest BCUT2D eigenvalue weighted by Gasteiger charge is 2.21. The van der Waals surface area contributed by atoms with Crippen molar-refractivity contribution in [2.45, 2.75) is 30.4 Å². The fraction of sp³-hybridized carbons (Fsp3) is 0.389. The first-order valence-electron chi connectivity index (χ1n) is 8.69. The fourth-order valence-corrected chi connectivity index (χ4v) is 4.34. The molecule has 0 aliphatic carbocycles. The van der Waals surface area contributed by atoms with E-state index in [0.29, 0.717) is 18.8 Å². The molecule has 9 heteroatoms. The number of amides is 1. The predicted octanol–water partition coefficient (Wildman–Crippen LogP) is 2.02. The summed E-state index contributed by atoms with van der Waals surface area (Å²) in [5.41, 5.74) is 0.403. The SMILES string of the molecule is NS(=O)(=O)c1cccc(NC(=O)CN(Cc2cccs2)C[C@H]2CCCO2)c1. The molecule has 2 aromatic rings. The monoisotopic (exact) mass is 409 g/mol. The molecular weight excluding hydrogens is 386 g/mol. The first-order chi connectivity index (χ1) is 12.9. The van der Waals surface area contributed by atoms with Crippen LogP contribution in [0.15, 0.2) is 46.7 Å². The van der Waals surface area contributed by atoms with Gasteiger partial charge in [0.1, 0.15) is 0 Å². The topological polar surface area (TPSA) is 102 Å². The molecule has 0 saturated carbocycles. The summed E-state index contributed by atoms with van der Waals surface area (Å²) in [6, 6.07) is 9.97. The molecule has 0 spiro atoms. The summed E-state index contributed by atoms with van der Waals surface area (Å²) < 4.78 is 28.6. The number of primary sulfonamides is 1. The Labute approximate surface area is 163 Å². The van der Waals surface area contributed by atoms with Gasteiger partial charge in [-0.1, -0.05) is 12.1 Å². The molecule has 1 fully saturated rings. The Morgan fingerprint density at radius 1 is 1.33 bits per heavy atom. The van der Waals surface area contributed by atoms with Gasteiger partial charge in [0.05, 0.1) is 17.5 Å². The van der Waals surface area contributed by atoms with Crippen molar-refractivity contribution < 1.29 is 17.9 Å². The third kappa shape index (κ3) is 6.12. The second kappa shape index (κ2) is 8.94. The second-order valence-electron chi connectivity index (χ2n) is 6.51. The molecule has 2 heterocycles. The molecule has 3 rings (SSSR count). The lowest BCUT2D eigenvalue weighted by molar-refractivity contribution is -0.117. The Morgan fingerprint density at radius 2 is 2.19 bits per heavy atom. The van der Waals surface area contributed by atoms with Gasteiger partial charge >= 0.3 is 0 Å². The highest BCUT2D eigenvalue weighted by molar-refractivity contribution is 7.89. The number of ether oxygens (including phenoxy) is 1. The summed E-state index contributed by atoms with van der Waals surface area (Å²) in [4.78, 5) is 15.7. The van der Waals surface area contributed by atoms with Gasteiger partial charge in [0.25, 0.3) is 0 Å². The quantitative estimate of drug-likeness (QED) is 0.694. The number of nitrogens with two attached hydrogens (primary N) is 1. The Kier molecular flexibility index (Phi) is 6.61. The average Bonchev–Trinajstić information content (AvgIpc) is 3.28. The standard InChI is InChI=1S/C18H23N3O4S2/c19-27(23,24)17-7-1-4-14(10-17)20-18(22)13-21(11-15-5-2-8-25-15)12-16-6-3-9-26-16/h1,3-4,6-7,9-10,15H,2,5,8,11-13H2,(H,20,22)(H2,19,23,24)/t15-/m1/s1. The van der Waals surface area contributed by atoms with E-state index in [1.54, 1.807) is 23.5 Å². The number of sulfonamides is 1. The maximum absolute atomic E-state index is 12.5. The smallest absolute Gasteiger partial charge is 0.238 e. The Hall–Kier alpha value is -1.78. The lowest BCUT2D eigenvalue weighted by Crippen LogP contribution is -2.37. The van der Waals surface area contributed by atoms with Crippen LogP contribution in [0, 0.1) is 0 Å². The van der Waals surface area contributed by atoms with E-state index >= 15 is 0 Å². The van der Waals surface area contributed by atoms with Crippen LogP contribution >= 0.6 is 11.3 Å². The van der Waals surface area contributed by atoms with Crippen molar-refractivity contribution in [3.63, 3.8) is 0 Å². The van der Waals surface area contributed by atoms with Crippen molar-refractivity contribution >= 4 is 33.0 Å². The van der Waals surface area contributed by atoms with Gasteiger partial charge < -0.3 is 10.1 Å². The molecule has 27 heavy (non-hydrogen) atoms. The molecule has 1 atom stereocenters. The van der Waals surface area contributed by atoms with Gasteiger partial charge in [-0.15, -0.1) is 11.3 Å². The van der Waals surface area contributed by atoms with Crippen LogP contribution in [0.2, 0.25) is 0 Å². The first kappa shape index (κ1) is 20.0. The number of anilines is 1. The van der Waals surface area contributed by atoms with Crippen molar-refractivity contribution in [2.75, 3.05) is 25.0 Å². The number of carbonyl (C=O) groups excluding carboxylic acids is 1. The molecule has 0 radical (unpaired) electrons. The van der Waals surface area contributed by atoms with Gasteiger partial charge in [0.15, 0.2) is 0 Å². The second-order valence-corrected chi connectivity index (χ2v) is 9.10.